The van der Waals surface area contributed by atoms with Gasteiger partial charge in [-0.1, -0.05) is 22.0 Å². The standard InChI is InChI=1S/C11H12BrN/c1-3-4-7-13-10-6-5-9(2)11(12)8-10/h1,5-6,8,13H,4,7H2,2H3. The molecule has 68 valence electrons. The SMILES string of the molecule is C#CCCNc1ccc(C)c(Br)c1. The lowest BCUT2D eigenvalue weighted by atomic mass is 10.2. The molecule has 1 aromatic carbocycles. The molecule has 0 fully saturated rings. The number of rotatable bonds is 3. The molecule has 0 saturated heterocycles. The molecular weight excluding hydrogens is 226 g/mol. The van der Waals surface area contributed by atoms with Crippen LogP contribution in [0.4, 0.5) is 5.69 Å². The zero-order chi connectivity index (χ0) is 9.68. The Morgan fingerprint density at radius 3 is 2.92 bits per heavy atom. The van der Waals surface area contributed by atoms with Crippen LogP contribution in [0.2, 0.25) is 0 Å². The highest BCUT2D eigenvalue weighted by atomic mass is 79.9. The summed E-state index contributed by atoms with van der Waals surface area (Å²) in [5.74, 6) is 2.59. The largest absolute Gasteiger partial charge is 0.384 e. The molecule has 0 aliphatic rings. The van der Waals surface area contributed by atoms with Gasteiger partial charge in [0.05, 0.1) is 0 Å². The lowest BCUT2D eigenvalue weighted by Crippen LogP contribution is -1.99. The molecule has 0 saturated carbocycles. The summed E-state index contributed by atoms with van der Waals surface area (Å²) >= 11 is 3.47. The average Bonchev–Trinajstić information content (AvgIpc) is 2.12. The van der Waals surface area contributed by atoms with Gasteiger partial charge < -0.3 is 5.32 Å². The van der Waals surface area contributed by atoms with Crippen molar-refractivity contribution in [2.24, 2.45) is 0 Å². The normalized spacial score (nSPS) is 9.31. The highest BCUT2D eigenvalue weighted by Crippen LogP contribution is 2.20. The quantitative estimate of drug-likeness (QED) is 0.629. The maximum atomic E-state index is 5.15. The fourth-order valence-electron chi connectivity index (χ4n) is 0.982. The second kappa shape index (κ2) is 4.94. The molecule has 2 heteroatoms. The monoisotopic (exact) mass is 237 g/mol. The Labute approximate surface area is 87.7 Å². The van der Waals surface area contributed by atoms with Crippen LogP contribution in [0, 0.1) is 19.3 Å². The number of hydrogen-bond donors (Lipinski definition) is 1. The summed E-state index contributed by atoms with van der Waals surface area (Å²) in [6.45, 7) is 2.89. The van der Waals surface area contributed by atoms with Crippen LogP contribution in [0.1, 0.15) is 12.0 Å². The minimum Gasteiger partial charge on any atom is -0.384 e. The van der Waals surface area contributed by atoms with Gasteiger partial charge in [0, 0.05) is 23.1 Å². The number of nitrogens with one attached hydrogen (secondary N) is 1. The van der Waals surface area contributed by atoms with Crippen molar-refractivity contribution in [1.82, 2.24) is 0 Å². The summed E-state index contributed by atoms with van der Waals surface area (Å²) in [7, 11) is 0. The van der Waals surface area contributed by atoms with Crippen molar-refractivity contribution < 1.29 is 0 Å². The van der Waals surface area contributed by atoms with Gasteiger partial charge in [-0.3, -0.25) is 0 Å². The van der Waals surface area contributed by atoms with E-state index in [2.05, 4.69) is 52.3 Å². The van der Waals surface area contributed by atoms with E-state index in [1.165, 1.54) is 5.56 Å². The van der Waals surface area contributed by atoms with Gasteiger partial charge in [0.1, 0.15) is 0 Å². The molecule has 0 bridgehead atoms. The number of terminal acetylenes is 1. The van der Waals surface area contributed by atoms with E-state index in [0.717, 1.165) is 23.1 Å². The first-order valence-corrected chi connectivity index (χ1v) is 4.97. The Morgan fingerprint density at radius 2 is 2.31 bits per heavy atom. The van der Waals surface area contributed by atoms with Crippen molar-refractivity contribution in [2.45, 2.75) is 13.3 Å². The summed E-state index contributed by atoms with van der Waals surface area (Å²) in [5, 5.41) is 3.24. The molecule has 1 rings (SSSR count). The molecule has 0 unspecified atom stereocenters. The van der Waals surface area contributed by atoms with E-state index in [1.54, 1.807) is 0 Å². The first kappa shape index (κ1) is 10.1. The summed E-state index contributed by atoms with van der Waals surface area (Å²) in [6.07, 6.45) is 5.90. The summed E-state index contributed by atoms with van der Waals surface area (Å²) in [6, 6.07) is 6.19. The third-order valence-corrected chi connectivity index (χ3v) is 2.62. The number of aryl methyl sites for hydroxylation is 1. The van der Waals surface area contributed by atoms with Gasteiger partial charge in [-0.15, -0.1) is 12.3 Å². The summed E-state index contributed by atoms with van der Waals surface area (Å²) < 4.78 is 1.12. The number of benzene rings is 1. The maximum absolute atomic E-state index is 5.15. The predicted molar refractivity (Wildman–Crippen MR) is 60.8 cm³/mol. The molecule has 0 spiro atoms. The Hall–Kier alpha value is -0.940. The fraction of sp³-hybridized carbons (Fsp3) is 0.273. The number of halogens is 1. The van der Waals surface area contributed by atoms with Crippen molar-refractivity contribution in [1.29, 1.82) is 0 Å². The van der Waals surface area contributed by atoms with Crippen molar-refractivity contribution in [3.8, 4) is 12.3 Å². The Morgan fingerprint density at radius 1 is 1.54 bits per heavy atom. The smallest absolute Gasteiger partial charge is 0.0351 e. The van der Waals surface area contributed by atoms with E-state index in [4.69, 9.17) is 6.42 Å². The van der Waals surface area contributed by atoms with Crippen molar-refractivity contribution in [3.63, 3.8) is 0 Å². The molecular formula is C11H12BrN. The molecule has 1 N–H and O–H groups in total. The van der Waals surface area contributed by atoms with Gasteiger partial charge in [-0.2, -0.15) is 0 Å². The Bertz CT molecular complexity index is 325. The van der Waals surface area contributed by atoms with Crippen LogP contribution in [-0.2, 0) is 0 Å². The summed E-state index contributed by atoms with van der Waals surface area (Å²) in [4.78, 5) is 0. The van der Waals surface area contributed by atoms with Crippen LogP contribution in [0.3, 0.4) is 0 Å². The molecule has 0 amide bonds. The number of anilines is 1. The third-order valence-electron chi connectivity index (χ3n) is 1.77. The molecule has 1 aromatic rings. The molecule has 1 nitrogen and oxygen atoms in total. The first-order valence-electron chi connectivity index (χ1n) is 4.17. The molecule has 0 heterocycles. The van der Waals surface area contributed by atoms with Gasteiger partial charge in [-0.25, -0.2) is 0 Å². The van der Waals surface area contributed by atoms with Gasteiger partial charge in [-0.05, 0) is 24.6 Å². The fourth-order valence-corrected chi connectivity index (χ4v) is 1.36. The van der Waals surface area contributed by atoms with E-state index in [-0.39, 0.29) is 0 Å². The van der Waals surface area contributed by atoms with Crippen molar-refractivity contribution in [2.75, 3.05) is 11.9 Å². The lowest BCUT2D eigenvalue weighted by Gasteiger charge is -2.05. The minimum atomic E-state index is 0.755. The van der Waals surface area contributed by atoms with Crippen molar-refractivity contribution >= 4 is 21.6 Å². The number of hydrogen-bond acceptors (Lipinski definition) is 1. The van der Waals surface area contributed by atoms with Crippen LogP contribution in [0.15, 0.2) is 22.7 Å². The molecule has 0 radical (unpaired) electrons. The van der Waals surface area contributed by atoms with Gasteiger partial charge >= 0.3 is 0 Å². The Kier molecular flexibility index (Phi) is 3.85. The molecule has 0 aliphatic heterocycles. The van der Waals surface area contributed by atoms with Crippen LogP contribution < -0.4 is 5.32 Å². The third kappa shape index (κ3) is 3.12. The topological polar surface area (TPSA) is 12.0 Å². The second-order valence-corrected chi connectivity index (χ2v) is 3.70. The highest BCUT2D eigenvalue weighted by molar-refractivity contribution is 9.10. The second-order valence-electron chi connectivity index (χ2n) is 2.84. The van der Waals surface area contributed by atoms with Gasteiger partial charge in [0.25, 0.3) is 0 Å². The van der Waals surface area contributed by atoms with Crippen LogP contribution in [-0.4, -0.2) is 6.54 Å². The average molecular weight is 238 g/mol. The first-order chi connectivity index (χ1) is 6.24. The molecule has 0 aliphatic carbocycles. The van der Waals surface area contributed by atoms with E-state index in [1.807, 2.05) is 0 Å². The molecule has 0 atom stereocenters. The van der Waals surface area contributed by atoms with E-state index >= 15 is 0 Å². The molecule has 0 aromatic heterocycles. The zero-order valence-electron chi connectivity index (χ0n) is 7.60. The Balaban J connectivity index is 2.59. The predicted octanol–water partition coefficient (Wildman–Crippen LogP) is 3.19. The van der Waals surface area contributed by atoms with Crippen LogP contribution in [0.5, 0.6) is 0 Å². The lowest BCUT2D eigenvalue weighted by molar-refractivity contribution is 1.10. The van der Waals surface area contributed by atoms with Crippen LogP contribution in [0.25, 0.3) is 0 Å². The van der Waals surface area contributed by atoms with Gasteiger partial charge in [0.15, 0.2) is 0 Å². The highest BCUT2D eigenvalue weighted by Gasteiger charge is 1.95. The van der Waals surface area contributed by atoms with Crippen LogP contribution >= 0.6 is 15.9 Å². The van der Waals surface area contributed by atoms with Gasteiger partial charge in [0.2, 0.25) is 0 Å². The minimum absolute atomic E-state index is 0.755. The summed E-state index contributed by atoms with van der Waals surface area (Å²) in [5.41, 5.74) is 2.34. The zero-order valence-corrected chi connectivity index (χ0v) is 9.19. The van der Waals surface area contributed by atoms with Crippen molar-refractivity contribution in [3.05, 3.63) is 28.2 Å². The van der Waals surface area contributed by atoms with E-state index in [0.29, 0.717) is 0 Å². The van der Waals surface area contributed by atoms with E-state index < -0.39 is 0 Å². The maximum Gasteiger partial charge on any atom is 0.0351 e. The van der Waals surface area contributed by atoms with E-state index in [9.17, 15) is 0 Å². The molecule has 13 heavy (non-hydrogen) atoms.